The van der Waals surface area contributed by atoms with Gasteiger partial charge in [0.2, 0.25) is 0 Å². The van der Waals surface area contributed by atoms with Crippen LogP contribution in [0.1, 0.15) is 28.3 Å². The average Bonchev–Trinajstić information content (AvgIpc) is 2.92. The van der Waals surface area contributed by atoms with Crippen LogP contribution in [0.4, 0.5) is 0 Å². The molecule has 0 saturated heterocycles. The van der Waals surface area contributed by atoms with E-state index in [0.717, 1.165) is 25.3 Å². The predicted molar refractivity (Wildman–Crippen MR) is 90.1 cm³/mol. The molecule has 22 heavy (non-hydrogen) atoms. The molecule has 1 atom stereocenters. The Morgan fingerprint density at radius 2 is 1.95 bits per heavy atom. The van der Waals surface area contributed by atoms with Gasteiger partial charge in [-0.2, -0.15) is 0 Å². The summed E-state index contributed by atoms with van der Waals surface area (Å²) < 4.78 is 5.21. The first-order valence-electron chi connectivity index (χ1n) is 7.88. The van der Waals surface area contributed by atoms with Gasteiger partial charge in [-0.1, -0.05) is 30.3 Å². The van der Waals surface area contributed by atoms with Crippen molar-refractivity contribution in [3.05, 3.63) is 64.7 Å². The maximum Gasteiger partial charge on any atom is 0.118 e. The fourth-order valence-electron chi connectivity index (χ4n) is 3.34. The molecular formula is C19H24N2O. The fraction of sp³-hybridized carbons (Fsp3) is 0.368. The number of rotatable bonds is 5. The number of hydrogen-bond donors (Lipinski definition) is 1. The van der Waals surface area contributed by atoms with Crippen molar-refractivity contribution in [3.63, 3.8) is 0 Å². The molecule has 2 N–H and O–H groups in total. The van der Waals surface area contributed by atoms with Gasteiger partial charge < -0.3 is 10.5 Å². The second-order valence-corrected chi connectivity index (χ2v) is 5.96. The van der Waals surface area contributed by atoms with Crippen molar-refractivity contribution in [1.82, 2.24) is 4.90 Å². The SMILES string of the molecule is COc1ccc(CCN2Cc3c(C)cccc3C2CN)cc1. The molecule has 0 bridgehead atoms. The molecule has 3 rings (SSSR count). The van der Waals surface area contributed by atoms with Crippen LogP contribution in [0.5, 0.6) is 5.75 Å². The molecule has 0 spiro atoms. The summed E-state index contributed by atoms with van der Waals surface area (Å²) in [6.45, 7) is 4.92. The molecule has 0 amide bonds. The number of nitrogens with zero attached hydrogens (tertiary/aromatic N) is 1. The summed E-state index contributed by atoms with van der Waals surface area (Å²) in [5, 5.41) is 0. The normalized spacial score (nSPS) is 17.5. The standard InChI is InChI=1S/C19H24N2O/c1-14-4-3-5-17-18(14)13-21(19(17)12-20)11-10-15-6-8-16(22-2)9-7-15/h3-9,19H,10-13,20H2,1-2H3. The van der Waals surface area contributed by atoms with E-state index < -0.39 is 0 Å². The van der Waals surface area contributed by atoms with E-state index >= 15 is 0 Å². The highest BCUT2D eigenvalue weighted by Gasteiger charge is 2.29. The lowest BCUT2D eigenvalue weighted by atomic mass is 10.0. The Hall–Kier alpha value is -1.84. The van der Waals surface area contributed by atoms with Gasteiger partial charge in [0.05, 0.1) is 7.11 Å². The van der Waals surface area contributed by atoms with E-state index in [2.05, 4.69) is 42.2 Å². The molecule has 3 nitrogen and oxygen atoms in total. The molecule has 0 aliphatic carbocycles. The van der Waals surface area contributed by atoms with Gasteiger partial charge in [-0.3, -0.25) is 4.90 Å². The monoisotopic (exact) mass is 296 g/mol. The molecule has 0 fully saturated rings. The van der Waals surface area contributed by atoms with Gasteiger partial charge in [-0.25, -0.2) is 0 Å². The van der Waals surface area contributed by atoms with E-state index in [0.29, 0.717) is 12.6 Å². The third-order valence-corrected chi connectivity index (χ3v) is 4.68. The Morgan fingerprint density at radius 1 is 1.18 bits per heavy atom. The number of nitrogens with two attached hydrogens (primary N) is 1. The molecule has 0 saturated carbocycles. The Balaban J connectivity index is 1.69. The van der Waals surface area contributed by atoms with E-state index in [4.69, 9.17) is 10.5 Å². The number of methoxy groups -OCH3 is 1. The van der Waals surface area contributed by atoms with Crippen LogP contribution >= 0.6 is 0 Å². The molecule has 1 unspecified atom stereocenters. The quantitative estimate of drug-likeness (QED) is 0.921. The van der Waals surface area contributed by atoms with Crippen LogP contribution in [-0.2, 0) is 13.0 Å². The molecule has 0 radical (unpaired) electrons. The second kappa shape index (κ2) is 6.51. The van der Waals surface area contributed by atoms with Crippen LogP contribution in [0, 0.1) is 6.92 Å². The van der Waals surface area contributed by atoms with Crippen LogP contribution in [0.15, 0.2) is 42.5 Å². The van der Waals surface area contributed by atoms with E-state index in [9.17, 15) is 0 Å². The van der Waals surface area contributed by atoms with Crippen molar-refractivity contribution in [1.29, 1.82) is 0 Å². The van der Waals surface area contributed by atoms with E-state index in [1.165, 1.54) is 22.3 Å². The second-order valence-electron chi connectivity index (χ2n) is 5.96. The highest BCUT2D eigenvalue weighted by molar-refractivity contribution is 5.40. The van der Waals surface area contributed by atoms with E-state index in [1.54, 1.807) is 7.11 Å². The van der Waals surface area contributed by atoms with Crippen molar-refractivity contribution < 1.29 is 4.74 Å². The Morgan fingerprint density at radius 3 is 2.64 bits per heavy atom. The summed E-state index contributed by atoms with van der Waals surface area (Å²) in [4.78, 5) is 2.50. The van der Waals surface area contributed by atoms with Crippen molar-refractivity contribution in [2.24, 2.45) is 5.73 Å². The molecule has 1 aliphatic rings. The largest absolute Gasteiger partial charge is 0.497 e. The Labute approximate surface area is 132 Å². The molecule has 0 aromatic heterocycles. The summed E-state index contributed by atoms with van der Waals surface area (Å²) in [5.74, 6) is 0.910. The van der Waals surface area contributed by atoms with Crippen molar-refractivity contribution in [2.75, 3.05) is 20.2 Å². The van der Waals surface area contributed by atoms with Gasteiger partial charge in [0.15, 0.2) is 0 Å². The molecular weight excluding hydrogens is 272 g/mol. The Kier molecular flexibility index (Phi) is 4.46. The first-order chi connectivity index (χ1) is 10.7. The van der Waals surface area contributed by atoms with Crippen LogP contribution in [-0.4, -0.2) is 25.1 Å². The summed E-state index contributed by atoms with van der Waals surface area (Å²) in [6.07, 6.45) is 1.04. The van der Waals surface area contributed by atoms with Crippen LogP contribution in [0.2, 0.25) is 0 Å². The minimum atomic E-state index is 0.355. The lowest BCUT2D eigenvalue weighted by Crippen LogP contribution is -2.29. The lowest BCUT2D eigenvalue weighted by molar-refractivity contribution is 0.222. The maximum absolute atomic E-state index is 6.04. The maximum atomic E-state index is 6.04. The molecule has 2 aromatic rings. The smallest absolute Gasteiger partial charge is 0.118 e. The Bertz CT molecular complexity index is 636. The summed E-state index contributed by atoms with van der Waals surface area (Å²) >= 11 is 0. The summed E-state index contributed by atoms with van der Waals surface area (Å²) in [7, 11) is 1.70. The first-order valence-corrected chi connectivity index (χ1v) is 7.88. The van der Waals surface area contributed by atoms with Gasteiger partial charge in [0, 0.05) is 25.7 Å². The van der Waals surface area contributed by atoms with Crippen molar-refractivity contribution in [3.8, 4) is 5.75 Å². The van der Waals surface area contributed by atoms with E-state index in [-0.39, 0.29) is 0 Å². The number of benzene rings is 2. The predicted octanol–water partition coefficient (Wildman–Crippen LogP) is 3.06. The molecule has 1 aliphatic heterocycles. The minimum absolute atomic E-state index is 0.355. The van der Waals surface area contributed by atoms with Gasteiger partial charge in [-0.05, 0) is 47.7 Å². The van der Waals surface area contributed by atoms with Gasteiger partial charge in [-0.15, -0.1) is 0 Å². The van der Waals surface area contributed by atoms with Crippen LogP contribution in [0.25, 0.3) is 0 Å². The topological polar surface area (TPSA) is 38.5 Å². The molecule has 2 aromatic carbocycles. The molecule has 1 heterocycles. The number of aryl methyl sites for hydroxylation is 1. The summed E-state index contributed by atoms with van der Waals surface area (Å²) in [6, 6.07) is 15.3. The lowest BCUT2D eigenvalue weighted by Gasteiger charge is -2.23. The van der Waals surface area contributed by atoms with E-state index in [1.807, 2.05) is 12.1 Å². The van der Waals surface area contributed by atoms with Crippen molar-refractivity contribution in [2.45, 2.75) is 25.9 Å². The third kappa shape index (κ3) is 2.87. The minimum Gasteiger partial charge on any atom is -0.497 e. The number of hydrogen-bond acceptors (Lipinski definition) is 3. The molecule has 116 valence electrons. The first kappa shape index (κ1) is 15.1. The highest BCUT2D eigenvalue weighted by atomic mass is 16.5. The van der Waals surface area contributed by atoms with Gasteiger partial charge in [0.25, 0.3) is 0 Å². The zero-order chi connectivity index (χ0) is 15.5. The number of fused-ring (bicyclic) bond motifs is 1. The zero-order valence-corrected chi connectivity index (χ0v) is 13.4. The summed E-state index contributed by atoms with van der Waals surface area (Å²) in [5.41, 5.74) is 11.6. The van der Waals surface area contributed by atoms with Crippen molar-refractivity contribution >= 4 is 0 Å². The van der Waals surface area contributed by atoms with Gasteiger partial charge >= 0.3 is 0 Å². The molecule has 3 heteroatoms. The number of ether oxygens (including phenoxy) is 1. The highest BCUT2D eigenvalue weighted by Crippen LogP contribution is 2.34. The van der Waals surface area contributed by atoms with Gasteiger partial charge in [0.1, 0.15) is 5.75 Å². The third-order valence-electron chi connectivity index (χ3n) is 4.68. The van der Waals surface area contributed by atoms with Crippen LogP contribution in [0.3, 0.4) is 0 Å². The van der Waals surface area contributed by atoms with Crippen LogP contribution < -0.4 is 10.5 Å². The fourth-order valence-corrected chi connectivity index (χ4v) is 3.34. The average molecular weight is 296 g/mol. The zero-order valence-electron chi connectivity index (χ0n) is 13.4.